The Labute approximate surface area is 174 Å². The number of hydrogen-bond donors (Lipinski definition) is 1. The second-order valence-corrected chi connectivity index (χ2v) is 7.17. The number of nitrogens with one attached hydrogen (secondary N) is 1. The molecule has 0 aliphatic carbocycles. The zero-order valence-electron chi connectivity index (χ0n) is 16.7. The Morgan fingerprint density at radius 1 is 1.10 bits per heavy atom. The second-order valence-electron chi connectivity index (χ2n) is 7.17. The van der Waals surface area contributed by atoms with Crippen LogP contribution >= 0.6 is 0 Å². The van der Waals surface area contributed by atoms with Crippen LogP contribution in [0.5, 0.6) is 0 Å². The zero-order valence-corrected chi connectivity index (χ0v) is 16.7. The van der Waals surface area contributed by atoms with Crippen molar-refractivity contribution in [3.8, 4) is 6.07 Å². The predicted octanol–water partition coefficient (Wildman–Crippen LogP) is 3.63. The molecule has 0 atom stereocenters. The van der Waals surface area contributed by atoms with Gasteiger partial charge in [-0.15, -0.1) is 0 Å². The molecule has 1 N–H and O–H groups in total. The highest BCUT2D eigenvalue weighted by Gasteiger charge is 2.20. The Morgan fingerprint density at radius 3 is 2.67 bits per heavy atom. The van der Waals surface area contributed by atoms with Gasteiger partial charge >= 0.3 is 0 Å². The summed E-state index contributed by atoms with van der Waals surface area (Å²) >= 11 is 0. The highest BCUT2D eigenvalue weighted by Crippen LogP contribution is 2.23. The Balaban J connectivity index is 1.62. The van der Waals surface area contributed by atoms with E-state index in [1.54, 1.807) is 23.1 Å². The maximum Gasteiger partial charge on any atom is 0.272 e. The van der Waals surface area contributed by atoms with E-state index in [0.717, 1.165) is 16.6 Å². The van der Waals surface area contributed by atoms with E-state index in [0.29, 0.717) is 30.5 Å². The average molecular weight is 395 g/mol. The van der Waals surface area contributed by atoms with Gasteiger partial charge in [-0.1, -0.05) is 42.0 Å². The fourth-order valence-electron chi connectivity index (χ4n) is 3.42. The Kier molecular flexibility index (Phi) is 5.53. The molecule has 148 valence electrons. The molecule has 0 aliphatic heterocycles. The van der Waals surface area contributed by atoms with Crippen molar-refractivity contribution in [3.63, 3.8) is 0 Å². The van der Waals surface area contributed by atoms with Crippen molar-refractivity contribution < 1.29 is 4.79 Å². The number of aromatic nitrogens is 3. The summed E-state index contributed by atoms with van der Waals surface area (Å²) in [4.78, 5) is 17.0. The van der Waals surface area contributed by atoms with Crippen LogP contribution in [0.3, 0.4) is 0 Å². The molecule has 0 radical (unpaired) electrons. The normalized spacial score (nSPS) is 10.7. The number of hydrogen-bond acceptors (Lipinski definition) is 4. The summed E-state index contributed by atoms with van der Waals surface area (Å²) in [5, 5.41) is 17.7. The molecule has 30 heavy (non-hydrogen) atoms. The van der Waals surface area contributed by atoms with Crippen LogP contribution in [0.1, 0.15) is 32.7 Å². The zero-order chi connectivity index (χ0) is 20.9. The number of nitriles is 1. The lowest BCUT2D eigenvalue weighted by Gasteiger charge is -2.04. The van der Waals surface area contributed by atoms with E-state index < -0.39 is 0 Å². The number of amides is 1. The molecular weight excluding hydrogens is 374 g/mol. The first-order valence-electron chi connectivity index (χ1n) is 9.78. The summed E-state index contributed by atoms with van der Waals surface area (Å²) in [7, 11) is 0. The highest BCUT2D eigenvalue weighted by molar-refractivity contribution is 6.06. The van der Waals surface area contributed by atoms with Gasteiger partial charge in [-0.2, -0.15) is 10.4 Å². The predicted molar refractivity (Wildman–Crippen MR) is 115 cm³/mol. The molecule has 0 saturated heterocycles. The number of fused-ring (bicyclic) bond motifs is 1. The van der Waals surface area contributed by atoms with Crippen LogP contribution in [0.2, 0.25) is 0 Å². The number of aryl methyl sites for hydroxylation is 1. The minimum Gasteiger partial charge on any atom is -0.350 e. The number of pyridine rings is 1. The number of benzene rings is 2. The first kappa shape index (κ1) is 19.3. The van der Waals surface area contributed by atoms with E-state index in [1.807, 2.05) is 55.5 Å². The van der Waals surface area contributed by atoms with Gasteiger partial charge in [-0.05, 0) is 42.7 Å². The Bertz CT molecular complexity index is 1220. The average Bonchev–Trinajstić information content (AvgIpc) is 3.15. The van der Waals surface area contributed by atoms with E-state index in [4.69, 9.17) is 0 Å². The van der Waals surface area contributed by atoms with Gasteiger partial charge in [0.25, 0.3) is 5.91 Å². The van der Waals surface area contributed by atoms with Crippen molar-refractivity contribution in [1.29, 1.82) is 5.26 Å². The molecule has 2 aromatic heterocycles. The van der Waals surface area contributed by atoms with Crippen molar-refractivity contribution in [2.24, 2.45) is 0 Å². The lowest BCUT2D eigenvalue weighted by molar-refractivity contribution is 0.0950. The van der Waals surface area contributed by atoms with Crippen LogP contribution in [-0.4, -0.2) is 27.2 Å². The molecule has 0 unspecified atom stereocenters. The fraction of sp³-hybridized carbons (Fsp3) is 0.167. The molecule has 0 saturated carbocycles. The molecule has 4 rings (SSSR count). The largest absolute Gasteiger partial charge is 0.350 e. The molecule has 2 aromatic carbocycles. The van der Waals surface area contributed by atoms with Crippen LogP contribution < -0.4 is 5.32 Å². The number of nitrogens with zero attached hydrogens (tertiary/aromatic N) is 4. The van der Waals surface area contributed by atoms with Crippen LogP contribution in [0.4, 0.5) is 0 Å². The molecule has 0 bridgehead atoms. The van der Waals surface area contributed by atoms with E-state index in [9.17, 15) is 10.1 Å². The third kappa shape index (κ3) is 4.06. The molecule has 0 fully saturated rings. The number of rotatable bonds is 6. The van der Waals surface area contributed by atoms with Gasteiger partial charge in [-0.3, -0.25) is 14.5 Å². The molecular formula is C24H21N5O. The monoisotopic (exact) mass is 395 g/mol. The lowest BCUT2D eigenvalue weighted by atomic mass is 10.1. The van der Waals surface area contributed by atoms with Crippen molar-refractivity contribution in [2.45, 2.75) is 19.9 Å². The summed E-state index contributed by atoms with van der Waals surface area (Å²) in [6.07, 6.45) is 4.18. The van der Waals surface area contributed by atoms with Crippen molar-refractivity contribution >= 4 is 16.8 Å². The van der Waals surface area contributed by atoms with Crippen molar-refractivity contribution in [2.75, 3.05) is 6.54 Å². The molecule has 0 aliphatic rings. The van der Waals surface area contributed by atoms with E-state index >= 15 is 0 Å². The lowest BCUT2D eigenvalue weighted by Crippen LogP contribution is -2.26. The topological polar surface area (TPSA) is 83.6 Å². The molecule has 0 spiro atoms. The van der Waals surface area contributed by atoms with Gasteiger partial charge in [-0.25, -0.2) is 0 Å². The SMILES string of the molecule is Cc1ccc(Cn2nc(C(=O)NCCc3cccnc3)c3c(C#N)cccc32)cc1. The van der Waals surface area contributed by atoms with Crippen LogP contribution in [0, 0.1) is 18.3 Å². The molecule has 1 amide bonds. The maximum absolute atomic E-state index is 12.9. The van der Waals surface area contributed by atoms with Gasteiger partial charge < -0.3 is 5.32 Å². The molecule has 6 heteroatoms. The van der Waals surface area contributed by atoms with Gasteiger partial charge in [0, 0.05) is 18.9 Å². The fourth-order valence-corrected chi connectivity index (χ4v) is 3.42. The van der Waals surface area contributed by atoms with Gasteiger partial charge in [0.05, 0.1) is 29.1 Å². The van der Waals surface area contributed by atoms with Crippen LogP contribution in [0.25, 0.3) is 10.9 Å². The third-order valence-corrected chi connectivity index (χ3v) is 4.99. The summed E-state index contributed by atoms with van der Waals surface area (Å²) in [6.45, 7) is 3.03. The summed E-state index contributed by atoms with van der Waals surface area (Å²) < 4.78 is 1.79. The molecule has 4 aromatic rings. The minimum atomic E-state index is -0.283. The van der Waals surface area contributed by atoms with E-state index in [1.165, 1.54) is 5.56 Å². The standard InChI is InChI=1S/C24H21N5O/c1-17-7-9-19(10-8-17)16-29-21-6-2-5-20(14-25)22(21)23(28-29)24(30)27-13-11-18-4-3-12-26-15-18/h2-10,12,15H,11,13,16H2,1H3,(H,27,30). The van der Waals surface area contributed by atoms with Gasteiger partial charge in [0.1, 0.15) is 0 Å². The smallest absolute Gasteiger partial charge is 0.272 e. The molecule has 6 nitrogen and oxygen atoms in total. The third-order valence-electron chi connectivity index (χ3n) is 4.99. The maximum atomic E-state index is 12.9. The number of carbonyl (C=O) groups excluding carboxylic acids is 1. The van der Waals surface area contributed by atoms with Gasteiger partial charge in [0.2, 0.25) is 0 Å². The number of carbonyl (C=O) groups is 1. The summed E-state index contributed by atoms with van der Waals surface area (Å²) in [6, 6.07) is 19.6. The quantitative estimate of drug-likeness (QED) is 0.540. The minimum absolute atomic E-state index is 0.278. The summed E-state index contributed by atoms with van der Waals surface area (Å²) in [5.41, 5.74) is 4.80. The van der Waals surface area contributed by atoms with Crippen molar-refractivity contribution in [1.82, 2.24) is 20.1 Å². The highest BCUT2D eigenvalue weighted by atomic mass is 16.1. The van der Waals surface area contributed by atoms with E-state index in [2.05, 4.69) is 21.5 Å². The van der Waals surface area contributed by atoms with Crippen molar-refractivity contribution in [3.05, 3.63) is 94.9 Å². The van der Waals surface area contributed by atoms with E-state index in [-0.39, 0.29) is 11.6 Å². The van der Waals surface area contributed by atoms with Crippen LogP contribution in [0.15, 0.2) is 67.0 Å². The first-order chi connectivity index (χ1) is 14.7. The Hall–Kier alpha value is -3.98. The Morgan fingerprint density at radius 2 is 1.93 bits per heavy atom. The van der Waals surface area contributed by atoms with Crippen LogP contribution in [-0.2, 0) is 13.0 Å². The van der Waals surface area contributed by atoms with Gasteiger partial charge in [0.15, 0.2) is 5.69 Å². The first-order valence-corrected chi connectivity index (χ1v) is 9.78. The summed E-state index contributed by atoms with van der Waals surface area (Å²) in [5.74, 6) is -0.283. The second kappa shape index (κ2) is 8.58. The molecule has 2 heterocycles.